The number of hydrogen-bond acceptors (Lipinski definition) is 2. The Morgan fingerprint density at radius 1 is 1.40 bits per heavy atom. The van der Waals surface area contributed by atoms with E-state index < -0.39 is 0 Å². The van der Waals surface area contributed by atoms with Crippen LogP contribution >= 0.6 is 11.8 Å². The lowest BCUT2D eigenvalue weighted by Gasteiger charge is -2.25. The van der Waals surface area contributed by atoms with Gasteiger partial charge < -0.3 is 5.32 Å². The van der Waals surface area contributed by atoms with E-state index in [4.69, 9.17) is 0 Å². The van der Waals surface area contributed by atoms with Crippen molar-refractivity contribution in [1.82, 2.24) is 5.32 Å². The molecule has 2 aliphatic rings. The molecule has 2 heteroatoms. The Hall–Kier alpha value is 0.0500. The number of hydrogen-bond donors (Lipinski definition) is 1. The monoisotopic (exact) mass is 225 g/mol. The molecular formula is C13H23NS. The van der Waals surface area contributed by atoms with Crippen molar-refractivity contribution in [3.8, 4) is 0 Å². The summed E-state index contributed by atoms with van der Waals surface area (Å²) in [5.74, 6) is 3.63. The lowest BCUT2D eigenvalue weighted by Crippen LogP contribution is -2.35. The van der Waals surface area contributed by atoms with Crippen LogP contribution in [0.15, 0.2) is 11.6 Å². The maximum Gasteiger partial charge on any atom is 0.0313 e. The Bertz CT molecular complexity index is 219. The number of nitrogens with one attached hydrogen (secondary N) is 1. The van der Waals surface area contributed by atoms with Crippen LogP contribution in [0, 0.1) is 5.92 Å². The van der Waals surface area contributed by atoms with Gasteiger partial charge in [0.2, 0.25) is 0 Å². The Morgan fingerprint density at radius 2 is 2.33 bits per heavy atom. The van der Waals surface area contributed by atoms with Crippen LogP contribution in [0.25, 0.3) is 0 Å². The first-order chi connectivity index (χ1) is 7.42. The first-order valence-electron chi connectivity index (χ1n) is 6.36. The van der Waals surface area contributed by atoms with Crippen LogP contribution in [-0.2, 0) is 0 Å². The average Bonchev–Trinajstić information content (AvgIpc) is 2.63. The van der Waals surface area contributed by atoms with Gasteiger partial charge in [-0.1, -0.05) is 18.1 Å². The lowest BCUT2D eigenvalue weighted by molar-refractivity contribution is 0.441. The van der Waals surface area contributed by atoms with Gasteiger partial charge in [-0.05, 0) is 56.6 Å². The van der Waals surface area contributed by atoms with Crippen LogP contribution in [0.4, 0.5) is 0 Å². The third-order valence-corrected chi connectivity index (χ3v) is 4.91. The van der Waals surface area contributed by atoms with Gasteiger partial charge in [0, 0.05) is 6.04 Å². The van der Waals surface area contributed by atoms with Crippen molar-refractivity contribution in [3.05, 3.63) is 11.6 Å². The van der Waals surface area contributed by atoms with Gasteiger partial charge in [-0.2, -0.15) is 11.8 Å². The quantitative estimate of drug-likeness (QED) is 0.740. The summed E-state index contributed by atoms with van der Waals surface area (Å²) >= 11 is 2.13. The molecule has 1 heterocycles. The fourth-order valence-electron chi connectivity index (χ4n) is 2.86. The zero-order valence-electron chi connectivity index (χ0n) is 9.80. The third kappa shape index (κ3) is 3.01. The standard InChI is InChI=1S/C13H23NS/c1-14-13(12-8-9-15-10-12)11-6-4-2-3-5-7-11/h6,12-14H,2-5,7-10H2,1H3. The Labute approximate surface area is 98.1 Å². The van der Waals surface area contributed by atoms with E-state index in [0.29, 0.717) is 6.04 Å². The second kappa shape index (κ2) is 5.95. The first kappa shape index (κ1) is 11.5. The summed E-state index contributed by atoms with van der Waals surface area (Å²) in [6, 6.07) is 0.679. The Balaban J connectivity index is 2.00. The molecule has 1 saturated heterocycles. The van der Waals surface area contributed by atoms with Crippen LogP contribution in [0.3, 0.4) is 0 Å². The molecule has 0 aromatic rings. The molecule has 0 radical (unpaired) electrons. The van der Waals surface area contributed by atoms with Crippen molar-refractivity contribution in [1.29, 1.82) is 0 Å². The van der Waals surface area contributed by atoms with Gasteiger partial charge in [0.15, 0.2) is 0 Å². The fraction of sp³-hybridized carbons (Fsp3) is 0.846. The zero-order valence-corrected chi connectivity index (χ0v) is 10.6. The number of allylic oxidation sites excluding steroid dienone is 1. The summed E-state index contributed by atoms with van der Waals surface area (Å²) in [4.78, 5) is 0. The van der Waals surface area contributed by atoms with Crippen molar-refractivity contribution < 1.29 is 0 Å². The Kier molecular flexibility index (Phi) is 4.58. The Morgan fingerprint density at radius 3 is 3.07 bits per heavy atom. The van der Waals surface area contributed by atoms with E-state index in [0.717, 1.165) is 5.92 Å². The molecule has 2 rings (SSSR count). The molecule has 1 fully saturated rings. The van der Waals surface area contributed by atoms with E-state index >= 15 is 0 Å². The van der Waals surface area contributed by atoms with Crippen LogP contribution < -0.4 is 5.32 Å². The molecule has 0 bridgehead atoms. The van der Waals surface area contributed by atoms with E-state index in [1.54, 1.807) is 5.57 Å². The van der Waals surface area contributed by atoms with Gasteiger partial charge in [0.1, 0.15) is 0 Å². The summed E-state index contributed by atoms with van der Waals surface area (Å²) in [6.45, 7) is 0. The van der Waals surface area contributed by atoms with Gasteiger partial charge in [-0.3, -0.25) is 0 Å². The van der Waals surface area contributed by atoms with Gasteiger partial charge in [-0.25, -0.2) is 0 Å². The van der Waals surface area contributed by atoms with Gasteiger partial charge in [0.05, 0.1) is 0 Å². The highest BCUT2D eigenvalue weighted by molar-refractivity contribution is 7.99. The number of rotatable bonds is 3. The zero-order chi connectivity index (χ0) is 10.5. The largest absolute Gasteiger partial charge is 0.313 e. The second-order valence-corrected chi connectivity index (χ2v) is 5.92. The molecule has 15 heavy (non-hydrogen) atoms. The normalized spacial score (nSPS) is 29.7. The van der Waals surface area contributed by atoms with Gasteiger partial charge >= 0.3 is 0 Å². The fourth-order valence-corrected chi connectivity index (χ4v) is 4.16. The van der Waals surface area contributed by atoms with Crippen molar-refractivity contribution in [3.63, 3.8) is 0 Å². The minimum atomic E-state index is 0.679. The smallest absolute Gasteiger partial charge is 0.0313 e. The highest BCUT2D eigenvalue weighted by Crippen LogP contribution is 2.32. The summed E-state index contributed by atoms with van der Waals surface area (Å²) in [6.07, 6.45) is 10.8. The van der Waals surface area contributed by atoms with E-state index in [9.17, 15) is 0 Å². The summed E-state index contributed by atoms with van der Waals surface area (Å²) in [7, 11) is 2.14. The second-order valence-electron chi connectivity index (χ2n) is 4.77. The summed E-state index contributed by atoms with van der Waals surface area (Å²) in [5.41, 5.74) is 1.71. The highest BCUT2D eigenvalue weighted by atomic mass is 32.2. The number of thioether (sulfide) groups is 1. The average molecular weight is 225 g/mol. The molecule has 0 amide bonds. The molecule has 1 N–H and O–H groups in total. The summed E-state index contributed by atoms with van der Waals surface area (Å²) in [5, 5.41) is 3.56. The molecule has 2 unspecified atom stereocenters. The molecule has 1 nitrogen and oxygen atoms in total. The molecule has 0 aromatic heterocycles. The molecule has 2 atom stereocenters. The maximum absolute atomic E-state index is 3.56. The minimum absolute atomic E-state index is 0.679. The maximum atomic E-state index is 3.56. The molecule has 0 aromatic carbocycles. The van der Waals surface area contributed by atoms with Crippen LogP contribution in [0.5, 0.6) is 0 Å². The minimum Gasteiger partial charge on any atom is -0.313 e. The lowest BCUT2D eigenvalue weighted by atomic mass is 9.90. The molecule has 1 aliphatic carbocycles. The molecular weight excluding hydrogens is 202 g/mol. The topological polar surface area (TPSA) is 12.0 Å². The van der Waals surface area contributed by atoms with Gasteiger partial charge in [0.25, 0.3) is 0 Å². The predicted molar refractivity (Wildman–Crippen MR) is 69.4 cm³/mol. The molecule has 0 saturated carbocycles. The van der Waals surface area contributed by atoms with Crippen LogP contribution in [0.2, 0.25) is 0 Å². The van der Waals surface area contributed by atoms with E-state index in [1.807, 2.05) is 0 Å². The van der Waals surface area contributed by atoms with Crippen molar-refractivity contribution >= 4 is 11.8 Å². The van der Waals surface area contributed by atoms with Crippen molar-refractivity contribution in [2.75, 3.05) is 18.6 Å². The van der Waals surface area contributed by atoms with E-state index in [-0.39, 0.29) is 0 Å². The van der Waals surface area contributed by atoms with E-state index in [2.05, 4.69) is 30.2 Å². The van der Waals surface area contributed by atoms with Crippen molar-refractivity contribution in [2.45, 2.75) is 44.6 Å². The molecule has 1 aliphatic heterocycles. The first-order valence-corrected chi connectivity index (χ1v) is 7.51. The van der Waals surface area contributed by atoms with Crippen LogP contribution in [0.1, 0.15) is 38.5 Å². The third-order valence-electron chi connectivity index (χ3n) is 3.72. The number of likely N-dealkylation sites (N-methyl/N-ethyl adjacent to an activating group) is 1. The van der Waals surface area contributed by atoms with E-state index in [1.165, 1.54) is 50.0 Å². The van der Waals surface area contributed by atoms with Gasteiger partial charge in [-0.15, -0.1) is 0 Å². The molecule has 86 valence electrons. The summed E-state index contributed by atoms with van der Waals surface area (Å²) < 4.78 is 0. The predicted octanol–water partition coefficient (Wildman–Crippen LogP) is 3.22. The molecule has 0 spiro atoms. The SMILES string of the molecule is CNC(C1=CCCCCC1)C1CCSC1. The van der Waals surface area contributed by atoms with Crippen molar-refractivity contribution in [2.24, 2.45) is 5.92 Å². The highest BCUT2D eigenvalue weighted by Gasteiger charge is 2.26. The van der Waals surface area contributed by atoms with Crippen LogP contribution in [-0.4, -0.2) is 24.6 Å².